The molecule has 0 spiro atoms. The minimum Gasteiger partial charge on any atom is -0.493 e. The number of benzene rings is 2. The van der Waals surface area contributed by atoms with Crippen molar-refractivity contribution in [3.63, 3.8) is 0 Å². The lowest BCUT2D eigenvalue weighted by molar-refractivity contribution is -0.131. The Kier molecular flexibility index (Phi) is 10.5. The zero-order valence-electron chi connectivity index (χ0n) is 20.2. The van der Waals surface area contributed by atoms with Gasteiger partial charge in [0.15, 0.2) is 0 Å². The highest BCUT2D eigenvalue weighted by Gasteiger charge is 2.21. The van der Waals surface area contributed by atoms with Crippen molar-refractivity contribution in [3.05, 3.63) is 60.2 Å². The van der Waals surface area contributed by atoms with Crippen LogP contribution in [0.5, 0.6) is 5.75 Å². The van der Waals surface area contributed by atoms with E-state index in [0.717, 1.165) is 41.0 Å². The second-order valence-electron chi connectivity index (χ2n) is 9.57. The molecule has 0 radical (unpaired) electrons. The summed E-state index contributed by atoms with van der Waals surface area (Å²) in [5.41, 5.74) is 3.12. The number of unbranched alkanes of at least 4 members (excludes halogenated alkanes) is 5. The first-order chi connectivity index (χ1) is 16.1. The van der Waals surface area contributed by atoms with Gasteiger partial charge in [-0.05, 0) is 59.6 Å². The molecular weight excluding hydrogens is 408 g/mol. The summed E-state index contributed by atoms with van der Waals surface area (Å²) < 4.78 is 6.12. The molecule has 0 unspecified atom stereocenters. The van der Waals surface area contributed by atoms with E-state index in [-0.39, 0.29) is 0 Å². The molecule has 1 aliphatic rings. The molecule has 33 heavy (non-hydrogen) atoms. The molecule has 0 saturated heterocycles. The van der Waals surface area contributed by atoms with Crippen LogP contribution in [-0.4, -0.2) is 17.7 Å². The number of ether oxygens (including phenoxy) is 1. The summed E-state index contributed by atoms with van der Waals surface area (Å²) in [6, 6.07) is 16.2. The number of aliphatic carboxylic acids is 1. The van der Waals surface area contributed by atoms with Gasteiger partial charge in [-0.15, -0.1) is 0 Å². The number of hydrogen-bond acceptors (Lipinski definition) is 2. The van der Waals surface area contributed by atoms with Gasteiger partial charge in [0, 0.05) is 6.08 Å². The van der Waals surface area contributed by atoms with Gasteiger partial charge in [0.1, 0.15) is 5.75 Å². The molecule has 0 aliphatic heterocycles. The Hall–Kier alpha value is -2.55. The largest absolute Gasteiger partial charge is 0.493 e. The van der Waals surface area contributed by atoms with Crippen LogP contribution in [-0.2, 0) is 4.79 Å². The minimum atomic E-state index is -0.934. The van der Waals surface area contributed by atoms with Gasteiger partial charge in [-0.25, -0.2) is 4.79 Å². The molecule has 0 bridgehead atoms. The Bertz CT molecular complexity index is 843. The average molecular weight is 449 g/mol. The van der Waals surface area contributed by atoms with E-state index in [1.165, 1.54) is 70.6 Å². The van der Waals surface area contributed by atoms with E-state index in [4.69, 9.17) is 9.84 Å². The molecule has 3 heteroatoms. The van der Waals surface area contributed by atoms with E-state index in [9.17, 15) is 4.79 Å². The normalized spacial score (nSPS) is 18.5. The van der Waals surface area contributed by atoms with Crippen molar-refractivity contribution < 1.29 is 14.6 Å². The summed E-state index contributed by atoms with van der Waals surface area (Å²) in [6.45, 7) is 3.11. The fourth-order valence-electron chi connectivity index (χ4n) is 4.81. The fourth-order valence-corrected chi connectivity index (χ4v) is 4.81. The van der Waals surface area contributed by atoms with Crippen molar-refractivity contribution in [2.24, 2.45) is 11.8 Å². The van der Waals surface area contributed by atoms with Crippen LogP contribution in [0.1, 0.15) is 83.1 Å². The molecule has 1 fully saturated rings. The minimum absolute atomic E-state index is 0.692. The zero-order chi connectivity index (χ0) is 23.3. The highest BCUT2D eigenvalue weighted by atomic mass is 16.5. The van der Waals surface area contributed by atoms with Crippen molar-refractivity contribution in [3.8, 4) is 16.9 Å². The number of hydrogen-bond donors (Lipinski definition) is 1. The first kappa shape index (κ1) is 25.1. The predicted octanol–water partition coefficient (Wildman–Crippen LogP) is 8.39. The molecule has 1 N–H and O–H groups in total. The smallest absolute Gasteiger partial charge is 0.328 e. The van der Waals surface area contributed by atoms with Gasteiger partial charge in [0.2, 0.25) is 0 Å². The van der Waals surface area contributed by atoms with Crippen LogP contribution in [0.2, 0.25) is 0 Å². The summed E-state index contributed by atoms with van der Waals surface area (Å²) in [5, 5.41) is 8.73. The van der Waals surface area contributed by atoms with E-state index < -0.39 is 5.97 Å². The molecule has 2 aromatic carbocycles. The topological polar surface area (TPSA) is 46.5 Å². The summed E-state index contributed by atoms with van der Waals surface area (Å²) in [4.78, 5) is 10.6. The summed E-state index contributed by atoms with van der Waals surface area (Å²) in [5.74, 6) is 1.64. The van der Waals surface area contributed by atoms with E-state index in [1.54, 1.807) is 6.08 Å². The molecular formula is C30H40O3. The lowest BCUT2D eigenvalue weighted by Crippen LogP contribution is -2.20. The standard InChI is InChI=1S/C30H40O3/c1-2-3-4-5-6-7-8-24-9-11-26(12-10-24)23-33-29-20-18-28(19-21-29)27-16-13-25(14-17-27)15-22-30(31)32/h13-22,24,26H,2-12,23H2,1H3,(H,31,32)/b22-15+. The van der Waals surface area contributed by atoms with Crippen molar-refractivity contribution in [1.82, 2.24) is 0 Å². The Balaban J connectivity index is 1.36. The van der Waals surface area contributed by atoms with Crippen molar-refractivity contribution in [2.45, 2.75) is 77.6 Å². The Morgan fingerprint density at radius 3 is 2.06 bits per heavy atom. The van der Waals surface area contributed by atoms with Crippen LogP contribution in [0.25, 0.3) is 17.2 Å². The van der Waals surface area contributed by atoms with Crippen LogP contribution < -0.4 is 4.74 Å². The maximum Gasteiger partial charge on any atom is 0.328 e. The number of rotatable bonds is 13. The predicted molar refractivity (Wildman–Crippen MR) is 137 cm³/mol. The molecule has 3 nitrogen and oxygen atoms in total. The first-order valence-corrected chi connectivity index (χ1v) is 12.9. The quantitative estimate of drug-likeness (QED) is 0.247. The third-order valence-electron chi connectivity index (χ3n) is 6.93. The van der Waals surface area contributed by atoms with Gasteiger partial charge in [-0.3, -0.25) is 0 Å². The molecule has 1 saturated carbocycles. The monoisotopic (exact) mass is 448 g/mol. The molecule has 0 heterocycles. The summed E-state index contributed by atoms with van der Waals surface area (Å²) in [6.07, 6.45) is 18.0. The lowest BCUT2D eigenvalue weighted by Gasteiger charge is -2.28. The molecule has 0 amide bonds. The fraction of sp³-hybridized carbons (Fsp3) is 0.500. The van der Waals surface area contributed by atoms with Crippen molar-refractivity contribution >= 4 is 12.0 Å². The Morgan fingerprint density at radius 2 is 1.42 bits per heavy atom. The Morgan fingerprint density at radius 1 is 0.848 bits per heavy atom. The maximum atomic E-state index is 10.6. The second kappa shape index (κ2) is 13.9. The molecule has 178 valence electrons. The molecule has 0 atom stereocenters. The first-order valence-electron chi connectivity index (χ1n) is 12.9. The van der Waals surface area contributed by atoms with Crippen LogP contribution >= 0.6 is 0 Å². The maximum absolute atomic E-state index is 10.6. The zero-order valence-corrected chi connectivity index (χ0v) is 20.2. The number of carboxylic acids is 1. The van der Waals surface area contributed by atoms with E-state index in [1.807, 2.05) is 24.3 Å². The van der Waals surface area contributed by atoms with Crippen LogP contribution in [0.15, 0.2) is 54.6 Å². The molecule has 0 aromatic heterocycles. The van der Waals surface area contributed by atoms with Gasteiger partial charge in [0.25, 0.3) is 0 Å². The van der Waals surface area contributed by atoms with Crippen LogP contribution in [0.3, 0.4) is 0 Å². The van der Waals surface area contributed by atoms with Crippen LogP contribution in [0.4, 0.5) is 0 Å². The number of carbonyl (C=O) groups is 1. The van der Waals surface area contributed by atoms with Gasteiger partial charge >= 0.3 is 5.97 Å². The van der Waals surface area contributed by atoms with Gasteiger partial charge in [0.05, 0.1) is 6.61 Å². The molecule has 2 aromatic rings. The molecule has 3 rings (SSSR count). The SMILES string of the molecule is CCCCCCCCC1CCC(COc2ccc(-c3ccc(/C=C/C(=O)O)cc3)cc2)CC1. The van der Waals surface area contributed by atoms with E-state index in [2.05, 4.69) is 31.2 Å². The van der Waals surface area contributed by atoms with Crippen molar-refractivity contribution in [1.29, 1.82) is 0 Å². The van der Waals surface area contributed by atoms with Gasteiger partial charge in [-0.1, -0.05) is 101 Å². The Labute approximate surface area is 199 Å². The van der Waals surface area contributed by atoms with Gasteiger partial charge in [-0.2, -0.15) is 0 Å². The molecule has 1 aliphatic carbocycles. The number of carboxylic acid groups (broad SMARTS) is 1. The third-order valence-corrected chi connectivity index (χ3v) is 6.93. The van der Waals surface area contributed by atoms with Crippen LogP contribution in [0, 0.1) is 11.8 Å². The lowest BCUT2D eigenvalue weighted by atomic mass is 9.80. The summed E-state index contributed by atoms with van der Waals surface area (Å²) in [7, 11) is 0. The van der Waals surface area contributed by atoms with E-state index >= 15 is 0 Å². The highest BCUT2D eigenvalue weighted by molar-refractivity contribution is 5.85. The highest BCUT2D eigenvalue weighted by Crippen LogP contribution is 2.33. The van der Waals surface area contributed by atoms with E-state index in [0.29, 0.717) is 5.92 Å². The average Bonchev–Trinajstić information content (AvgIpc) is 2.85. The van der Waals surface area contributed by atoms with Crippen molar-refractivity contribution in [2.75, 3.05) is 6.61 Å². The second-order valence-corrected chi connectivity index (χ2v) is 9.57. The van der Waals surface area contributed by atoms with Gasteiger partial charge < -0.3 is 9.84 Å². The third kappa shape index (κ3) is 9.07. The summed E-state index contributed by atoms with van der Waals surface area (Å²) >= 11 is 0.